The van der Waals surface area contributed by atoms with Crippen molar-refractivity contribution in [1.29, 1.82) is 0 Å². The molecule has 0 saturated heterocycles. The van der Waals surface area contributed by atoms with Crippen LogP contribution in [0.5, 0.6) is 0 Å². The van der Waals surface area contributed by atoms with Gasteiger partial charge in [-0.2, -0.15) is 17.7 Å². The Morgan fingerprint density at radius 1 is 1.11 bits per heavy atom. The van der Waals surface area contributed by atoms with Crippen molar-refractivity contribution >= 4 is 23.5 Å². The molecular weight excluding hydrogens is 244 g/mol. The molecular formula is C14H18N2OS. The number of rotatable bonds is 6. The Labute approximate surface area is 112 Å². The highest BCUT2D eigenvalue weighted by atomic mass is 32.1. The molecule has 0 aliphatic carbocycles. The lowest BCUT2D eigenvalue weighted by Crippen LogP contribution is -2.12. The van der Waals surface area contributed by atoms with E-state index in [9.17, 15) is 4.79 Å². The van der Waals surface area contributed by atoms with E-state index in [-0.39, 0.29) is 5.43 Å². The zero-order chi connectivity index (χ0) is 12.8. The lowest BCUT2D eigenvalue weighted by Gasteiger charge is -2.08. The van der Waals surface area contributed by atoms with Crippen LogP contribution in [0.4, 0.5) is 0 Å². The van der Waals surface area contributed by atoms with Gasteiger partial charge in [-0.15, -0.1) is 0 Å². The van der Waals surface area contributed by atoms with E-state index in [1.54, 1.807) is 0 Å². The molecule has 0 aliphatic heterocycles. The molecule has 0 amide bonds. The molecule has 0 radical (unpaired) electrons. The zero-order valence-electron chi connectivity index (χ0n) is 10.4. The van der Waals surface area contributed by atoms with Crippen LogP contribution in [0.3, 0.4) is 0 Å². The molecule has 2 aromatic rings. The van der Waals surface area contributed by atoms with Crippen LogP contribution < -0.4 is 5.43 Å². The van der Waals surface area contributed by atoms with Gasteiger partial charge in [-0.25, -0.2) is 0 Å². The number of benzene rings is 1. The Kier molecular flexibility index (Phi) is 4.81. The third-order valence-electron chi connectivity index (χ3n) is 3.04. The van der Waals surface area contributed by atoms with Crippen molar-refractivity contribution < 1.29 is 0 Å². The molecule has 2 rings (SSSR count). The monoisotopic (exact) mass is 262 g/mol. The molecule has 0 fully saturated rings. The third-order valence-corrected chi connectivity index (χ3v) is 3.36. The lowest BCUT2D eigenvalue weighted by atomic mass is 10.2. The van der Waals surface area contributed by atoms with Gasteiger partial charge in [-0.3, -0.25) is 9.48 Å². The Bertz CT molecular complexity index is 565. The topological polar surface area (TPSA) is 34.9 Å². The largest absolute Gasteiger partial charge is 0.287 e. The second-order valence-corrected chi connectivity index (χ2v) is 4.83. The number of thiol groups is 1. The summed E-state index contributed by atoms with van der Waals surface area (Å²) in [6, 6.07) is 7.65. The number of aryl methyl sites for hydroxylation is 1. The molecule has 0 N–H and O–H groups in total. The van der Waals surface area contributed by atoms with Crippen molar-refractivity contribution in [1.82, 2.24) is 9.78 Å². The Morgan fingerprint density at radius 3 is 2.72 bits per heavy atom. The quantitative estimate of drug-likeness (QED) is 0.641. The van der Waals surface area contributed by atoms with E-state index in [0.29, 0.717) is 0 Å². The number of unbranched alkanes of at least 4 members (excludes halogenated alkanes) is 3. The number of para-hydroxylation sites is 1. The number of hydrogen-bond donors (Lipinski definition) is 1. The molecule has 0 aliphatic rings. The number of nitrogens with zero attached hydrogens (tertiary/aromatic N) is 2. The highest BCUT2D eigenvalue weighted by Gasteiger charge is 2.02. The minimum absolute atomic E-state index is 0.00285. The smallest absolute Gasteiger partial charge is 0.207 e. The van der Waals surface area contributed by atoms with Gasteiger partial charge < -0.3 is 0 Å². The summed E-state index contributed by atoms with van der Waals surface area (Å²) in [6.45, 7) is 0.868. The highest BCUT2D eigenvalue weighted by Crippen LogP contribution is 2.10. The SMILES string of the molecule is O=c1cnn(CCCCCCS)c2ccccc12. The van der Waals surface area contributed by atoms with E-state index in [0.717, 1.165) is 29.6 Å². The van der Waals surface area contributed by atoms with Crippen LogP contribution in [0.1, 0.15) is 25.7 Å². The van der Waals surface area contributed by atoms with Crippen LogP contribution >= 0.6 is 12.6 Å². The van der Waals surface area contributed by atoms with E-state index in [2.05, 4.69) is 17.7 Å². The first-order valence-corrected chi connectivity index (χ1v) is 7.02. The summed E-state index contributed by atoms with van der Waals surface area (Å²) in [5, 5.41) is 4.97. The normalized spacial score (nSPS) is 10.9. The van der Waals surface area contributed by atoms with Gasteiger partial charge in [0.2, 0.25) is 5.43 Å². The minimum atomic E-state index is -0.00285. The van der Waals surface area contributed by atoms with E-state index in [1.807, 2.05) is 28.9 Å². The van der Waals surface area contributed by atoms with Crippen molar-refractivity contribution in [3.63, 3.8) is 0 Å². The maximum atomic E-state index is 11.7. The average Bonchev–Trinajstić information content (AvgIpc) is 2.41. The van der Waals surface area contributed by atoms with Crippen molar-refractivity contribution in [2.24, 2.45) is 0 Å². The first kappa shape index (κ1) is 13.1. The standard InChI is InChI=1S/C14H18N2OS/c17-14-11-15-16(9-5-1-2-6-10-18)13-8-4-3-7-12(13)14/h3-4,7-8,11,18H,1-2,5-6,9-10H2. The molecule has 18 heavy (non-hydrogen) atoms. The molecule has 0 bridgehead atoms. The predicted octanol–water partition coefficient (Wildman–Crippen LogP) is 2.89. The van der Waals surface area contributed by atoms with E-state index < -0.39 is 0 Å². The maximum absolute atomic E-state index is 11.7. The fraction of sp³-hybridized carbons (Fsp3) is 0.429. The molecule has 0 spiro atoms. The van der Waals surface area contributed by atoms with Gasteiger partial charge in [0.1, 0.15) is 0 Å². The van der Waals surface area contributed by atoms with E-state index in [1.165, 1.54) is 25.5 Å². The number of aromatic nitrogens is 2. The number of fused-ring (bicyclic) bond motifs is 1. The summed E-state index contributed by atoms with van der Waals surface area (Å²) in [4.78, 5) is 11.7. The first-order chi connectivity index (χ1) is 8.83. The summed E-state index contributed by atoms with van der Waals surface area (Å²) >= 11 is 4.20. The van der Waals surface area contributed by atoms with Crippen molar-refractivity contribution in [2.45, 2.75) is 32.2 Å². The van der Waals surface area contributed by atoms with Crippen molar-refractivity contribution in [3.05, 3.63) is 40.7 Å². The molecule has 0 unspecified atom stereocenters. The van der Waals surface area contributed by atoms with Crippen LogP contribution in [-0.2, 0) is 6.54 Å². The molecule has 1 aromatic carbocycles. The third kappa shape index (κ3) is 3.13. The van der Waals surface area contributed by atoms with Crippen LogP contribution in [0.25, 0.3) is 10.9 Å². The molecule has 0 saturated carbocycles. The molecule has 1 heterocycles. The molecule has 1 aromatic heterocycles. The fourth-order valence-electron chi connectivity index (χ4n) is 2.07. The van der Waals surface area contributed by atoms with E-state index in [4.69, 9.17) is 0 Å². The lowest BCUT2D eigenvalue weighted by molar-refractivity contribution is 0.548. The minimum Gasteiger partial charge on any atom is -0.287 e. The van der Waals surface area contributed by atoms with Gasteiger partial charge in [-0.05, 0) is 30.7 Å². The molecule has 0 atom stereocenters. The van der Waals surface area contributed by atoms with Gasteiger partial charge in [0.05, 0.1) is 11.7 Å². The summed E-state index contributed by atoms with van der Waals surface area (Å²) in [6.07, 6.45) is 6.06. The van der Waals surface area contributed by atoms with Crippen LogP contribution in [0, 0.1) is 0 Å². The Morgan fingerprint density at radius 2 is 1.89 bits per heavy atom. The Balaban J connectivity index is 2.09. The van der Waals surface area contributed by atoms with Crippen LogP contribution in [-0.4, -0.2) is 15.5 Å². The number of hydrogen-bond acceptors (Lipinski definition) is 3. The second kappa shape index (κ2) is 6.59. The van der Waals surface area contributed by atoms with Gasteiger partial charge in [-0.1, -0.05) is 25.0 Å². The van der Waals surface area contributed by atoms with E-state index >= 15 is 0 Å². The Hall–Kier alpha value is -1.29. The average molecular weight is 262 g/mol. The maximum Gasteiger partial charge on any atom is 0.207 e. The highest BCUT2D eigenvalue weighted by molar-refractivity contribution is 7.80. The molecule has 4 heteroatoms. The summed E-state index contributed by atoms with van der Waals surface area (Å²) in [5.41, 5.74) is 0.927. The summed E-state index contributed by atoms with van der Waals surface area (Å²) in [7, 11) is 0. The first-order valence-electron chi connectivity index (χ1n) is 6.38. The second-order valence-electron chi connectivity index (χ2n) is 4.39. The van der Waals surface area contributed by atoms with Gasteiger partial charge in [0, 0.05) is 11.9 Å². The van der Waals surface area contributed by atoms with Gasteiger partial charge in [0.25, 0.3) is 0 Å². The summed E-state index contributed by atoms with van der Waals surface area (Å²) in [5.74, 6) is 0.958. The van der Waals surface area contributed by atoms with Crippen LogP contribution in [0.15, 0.2) is 35.3 Å². The predicted molar refractivity (Wildman–Crippen MR) is 78.3 cm³/mol. The molecule has 3 nitrogen and oxygen atoms in total. The van der Waals surface area contributed by atoms with Crippen LogP contribution in [0.2, 0.25) is 0 Å². The van der Waals surface area contributed by atoms with Crippen molar-refractivity contribution in [2.75, 3.05) is 5.75 Å². The fourth-order valence-corrected chi connectivity index (χ4v) is 2.29. The summed E-state index contributed by atoms with van der Waals surface area (Å²) < 4.78 is 1.93. The zero-order valence-corrected chi connectivity index (χ0v) is 11.3. The van der Waals surface area contributed by atoms with Gasteiger partial charge in [0.15, 0.2) is 0 Å². The van der Waals surface area contributed by atoms with Crippen molar-refractivity contribution in [3.8, 4) is 0 Å². The molecule has 96 valence electrons. The van der Waals surface area contributed by atoms with Gasteiger partial charge >= 0.3 is 0 Å².